The van der Waals surface area contributed by atoms with Gasteiger partial charge < -0.3 is 10.1 Å². The topological polar surface area (TPSA) is 51.2 Å². The average molecular weight is 250 g/mol. The minimum atomic E-state index is -0.422. The fourth-order valence-corrected chi connectivity index (χ4v) is 1.42. The molecule has 4 nitrogen and oxygen atoms in total. The zero-order chi connectivity index (χ0) is 13.6. The van der Waals surface area contributed by atoms with Crippen LogP contribution >= 0.6 is 0 Å². The molecule has 0 aromatic carbocycles. The van der Waals surface area contributed by atoms with E-state index in [2.05, 4.69) is 10.3 Å². The number of nitrogens with zero attached hydrogens (tertiary/aromatic N) is 1. The Balaban J connectivity index is 2.29. The zero-order valence-corrected chi connectivity index (χ0v) is 11.6. The Morgan fingerprint density at radius 1 is 1.50 bits per heavy atom. The number of hydrogen-bond acceptors (Lipinski definition) is 4. The Bertz CT molecular complexity index is 371. The number of carbonyl (C=O) groups is 1. The molecular weight excluding hydrogens is 228 g/mol. The second-order valence-electron chi connectivity index (χ2n) is 5.43. The third kappa shape index (κ3) is 5.77. The zero-order valence-electron chi connectivity index (χ0n) is 11.6. The van der Waals surface area contributed by atoms with Crippen LogP contribution in [0, 0.1) is 5.92 Å². The molecule has 0 fully saturated rings. The summed E-state index contributed by atoms with van der Waals surface area (Å²) in [7, 11) is 0. The Hall–Kier alpha value is -1.42. The molecule has 1 N–H and O–H groups in total. The Labute approximate surface area is 109 Å². The second kappa shape index (κ2) is 6.50. The van der Waals surface area contributed by atoms with Crippen molar-refractivity contribution in [1.82, 2.24) is 10.3 Å². The van der Waals surface area contributed by atoms with Crippen molar-refractivity contribution in [2.45, 2.75) is 39.8 Å². The highest BCUT2D eigenvalue weighted by molar-refractivity contribution is 5.72. The highest BCUT2D eigenvalue weighted by Gasteiger charge is 2.21. The standard InChI is InChI=1S/C14H22N2O2/c1-11(13(17)18-14(2,3)4)8-16-10-12-6-5-7-15-9-12/h5-7,9,11,16H,8,10H2,1-4H3/t11-/m0/s1. The van der Waals surface area contributed by atoms with Crippen molar-refractivity contribution in [2.75, 3.05) is 6.54 Å². The molecule has 1 rings (SSSR count). The summed E-state index contributed by atoms with van der Waals surface area (Å²) in [6.45, 7) is 8.80. The number of carbonyl (C=O) groups excluding carboxylic acids is 1. The van der Waals surface area contributed by atoms with E-state index in [9.17, 15) is 4.79 Å². The van der Waals surface area contributed by atoms with Gasteiger partial charge in [-0.25, -0.2) is 0 Å². The molecule has 100 valence electrons. The Morgan fingerprint density at radius 2 is 2.22 bits per heavy atom. The minimum absolute atomic E-state index is 0.152. The van der Waals surface area contributed by atoms with E-state index in [1.807, 2.05) is 46.0 Å². The van der Waals surface area contributed by atoms with E-state index in [0.717, 1.165) is 5.56 Å². The first-order valence-electron chi connectivity index (χ1n) is 6.21. The predicted molar refractivity (Wildman–Crippen MR) is 71.0 cm³/mol. The van der Waals surface area contributed by atoms with E-state index in [0.29, 0.717) is 13.1 Å². The SMILES string of the molecule is C[C@@H](CNCc1cccnc1)C(=O)OC(C)(C)C. The summed E-state index contributed by atoms with van der Waals surface area (Å²) in [5, 5.41) is 3.23. The maximum absolute atomic E-state index is 11.7. The molecule has 4 heteroatoms. The van der Waals surface area contributed by atoms with Crippen molar-refractivity contribution < 1.29 is 9.53 Å². The van der Waals surface area contributed by atoms with Crippen molar-refractivity contribution in [3.8, 4) is 0 Å². The molecule has 0 aliphatic rings. The summed E-state index contributed by atoms with van der Waals surface area (Å²) in [4.78, 5) is 15.8. The smallest absolute Gasteiger partial charge is 0.310 e. The molecular formula is C14H22N2O2. The third-order valence-corrected chi connectivity index (χ3v) is 2.31. The largest absolute Gasteiger partial charge is 0.460 e. The molecule has 0 unspecified atom stereocenters. The molecule has 0 saturated heterocycles. The van der Waals surface area contributed by atoms with Crippen LogP contribution in [0.15, 0.2) is 24.5 Å². The van der Waals surface area contributed by atoms with Crippen LogP contribution in [0.4, 0.5) is 0 Å². The van der Waals surface area contributed by atoms with Gasteiger partial charge in [0.1, 0.15) is 5.60 Å². The molecule has 0 radical (unpaired) electrons. The van der Waals surface area contributed by atoms with Gasteiger partial charge in [0.15, 0.2) is 0 Å². The van der Waals surface area contributed by atoms with Crippen LogP contribution in [0.5, 0.6) is 0 Å². The summed E-state index contributed by atoms with van der Waals surface area (Å²) in [5.41, 5.74) is 0.684. The van der Waals surface area contributed by atoms with Gasteiger partial charge >= 0.3 is 5.97 Å². The van der Waals surface area contributed by atoms with Crippen molar-refractivity contribution in [1.29, 1.82) is 0 Å². The van der Waals surface area contributed by atoms with Crippen LogP contribution in [0.3, 0.4) is 0 Å². The molecule has 0 bridgehead atoms. The molecule has 1 aromatic heterocycles. The maximum Gasteiger partial charge on any atom is 0.310 e. The van der Waals surface area contributed by atoms with Gasteiger partial charge in [-0.05, 0) is 32.4 Å². The lowest BCUT2D eigenvalue weighted by molar-refractivity contribution is -0.159. The normalized spacial score (nSPS) is 13.1. The van der Waals surface area contributed by atoms with Crippen LogP contribution in [-0.2, 0) is 16.1 Å². The maximum atomic E-state index is 11.7. The predicted octanol–water partition coefficient (Wildman–Crippen LogP) is 2.15. The third-order valence-electron chi connectivity index (χ3n) is 2.31. The van der Waals surface area contributed by atoms with E-state index in [1.165, 1.54) is 0 Å². The van der Waals surface area contributed by atoms with E-state index in [-0.39, 0.29) is 11.9 Å². The van der Waals surface area contributed by atoms with Crippen LogP contribution in [0.2, 0.25) is 0 Å². The molecule has 1 atom stereocenters. The number of esters is 1. The van der Waals surface area contributed by atoms with Gasteiger partial charge in [0.05, 0.1) is 5.92 Å². The molecule has 1 heterocycles. The van der Waals surface area contributed by atoms with Crippen LogP contribution in [-0.4, -0.2) is 23.1 Å². The average Bonchev–Trinajstić information content (AvgIpc) is 2.28. The van der Waals surface area contributed by atoms with Crippen LogP contribution in [0.1, 0.15) is 33.3 Å². The van der Waals surface area contributed by atoms with Gasteiger partial charge in [-0.3, -0.25) is 9.78 Å². The first kappa shape index (κ1) is 14.6. The number of rotatable bonds is 5. The summed E-state index contributed by atoms with van der Waals surface area (Å²) in [5.74, 6) is -0.318. The van der Waals surface area contributed by atoms with E-state index >= 15 is 0 Å². The lowest BCUT2D eigenvalue weighted by atomic mass is 10.1. The van der Waals surface area contributed by atoms with Gasteiger partial charge in [-0.1, -0.05) is 13.0 Å². The fraction of sp³-hybridized carbons (Fsp3) is 0.571. The van der Waals surface area contributed by atoms with Crippen molar-refractivity contribution in [3.63, 3.8) is 0 Å². The second-order valence-corrected chi connectivity index (χ2v) is 5.43. The van der Waals surface area contributed by atoms with Crippen LogP contribution < -0.4 is 5.32 Å². The van der Waals surface area contributed by atoms with Crippen LogP contribution in [0.25, 0.3) is 0 Å². The van der Waals surface area contributed by atoms with Gasteiger partial charge in [-0.2, -0.15) is 0 Å². The number of hydrogen-bond donors (Lipinski definition) is 1. The monoisotopic (exact) mass is 250 g/mol. The lowest BCUT2D eigenvalue weighted by Crippen LogP contribution is -2.32. The summed E-state index contributed by atoms with van der Waals surface area (Å²) < 4.78 is 5.31. The van der Waals surface area contributed by atoms with Gasteiger partial charge in [0, 0.05) is 25.5 Å². The van der Waals surface area contributed by atoms with Gasteiger partial charge in [0.2, 0.25) is 0 Å². The highest BCUT2D eigenvalue weighted by atomic mass is 16.6. The van der Waals surface area contributed by atoms with E-state index in [4.69, 9.17) is 4.74 Å². The van der Waals surface area contributed by atoms with Crippen molar-refractivity contribution in [2.24, 2.45) is 5.92 Å². The molecule has 0 aliphatic heterocycles. The van der Waals surface area contributed by atoms with Gasteiger partial charge in [-0.15, -0.1) is 0 Å². The van der Waals surface area contributed by atoms with Crippen molar-refractivity contribution >= 4 is 5.97 Å². The fourth-order valence-electron chi connectivity index (χ4n) is 1.42. The summed E-state index contributed by atoms with van der Waals surface area (Å²) in [6.07, 6.45) is 3.55. The Kier molecular flexibility index (Phi) is 5.28. The quantitative estimate of drug-likeness (QED) is 0.814. The number of nitrogens with one attached hydrogen (secondary N) is 1. The molecule has 0 spiro atoms. The van der Waals surface area contributed by atoms with E-state index < -0.39 is 5.60 Å². The Morgan fingerprint density at radius 3 is 2.78 bits per heavy atom. The number of pyridine rings is 1. The number of ether oxygens (including phenoxy) is 1. The molecule has 0 aliphatic carbocycles. The molecule has 18 heavy (non-hydrogen) atoms. The molecule has 0 saturated carbocycles. The first-order valence-corrected chi connectivity index (χ1v) is 6.21. The summed E-state index contributed by atoms with van der Waals surface area (Å²) in [6, 6.07) is 3.90. The number of aromatic nitrogens is 1. The minimum Gasteiger partial charge on any atom is -0.460 e. The highest BCUT2D eigenvalue weighted by Crippen LogP contribution is 2.10. The molecule has 0 amide bonds. The lowest BCUT2D eigenvalue weighted by Gasteiger charge is -2.22. The summed E-state index contributed by atoms with van der Waals surface area (Å²) >= 11 is 0. The van der Waals surface area contributed by atoms with Crippen molar-refractivity contribution in [3.05, 3.63) is 30.1 Å². The molecule has 1 aromatic rings. The van der Waals surface area contributed by atoms with Gasteiger partial charge in [0.25, 0.3) is 0 Å². The first-order chi connectivity index (χ1) is 8.38. The van der Waals surface area contributed by atoms with E-state index in [1.54, 1.807) is 6.20 Å².